The molecule has 0 unspecified atom stereocenters. The van der Waals surface area contributed by atoms with Crippen LogP contribution in [0.3, 0.4) is 0 Å². The van der Waals surface area contributed by atoms with Crippen LogP contribution in [0, 0.1) is 7.14 Å². The summed E-state index contributed by atoms with van der Waals surface area (Å²) in [6.07, 6.45) is 1.61. The number of carboxylic acid groups (broad SMARTS) is 1. The summed E-state index contributed by atoms with van der Waals surface area (Å²) in [4.78, 5) is 11.4. The van der Waals surface area contributed by atoms with Gasteiger partial charge in [0.15, 0.2) is 0 Å². The van der Waals surface area contributed by atoms with E-state index in [1.165, 1.54) is 0 Å². The first-order valence-corrected chi connectivity index (χ1v) is 7.83. The highest BCUT2D eigenvalue weighted by atomic mass is 127. The molecule has 0 spiro atoms. The van der Waals surface area contributed by atoms with Crippen molar-refractivity contribution in [3.63, 3.8) is 0 Å². The molecule has 3 nitrogen and oxygen atoms in total. The summed E-state index contributed by atoms with van der Waals surface area (Å²) >= 11 is 4.05. The first-order chi connectivity index (χ1) is 9.49. The molecule has 0 atom stereocenters. The van der Waals surface area contributed by atoms with Crippen molar-refractivity contribution in [2.75, 3.05) is 0 Å². The first kappa shape index (κ1) is 15.3. The molecule has 0 saturated carbocycles. The van der Waals surface area contributed by atoms with Gasteiger partial charge in [-0.05, 0) is 74.5 Å². The predicted octanol–water partition coefficient (Wildman–Crippen LogP) is 4.23. The van der Waals surface area contributed by atoms with Crippen LogP contribution in [0.15, 0.2) is 42.5 Å². The van der Waals surface area contributed by atoms with E-state index in [9.17, 15) is 15.0 Å². The number of hydrogen-bond donors (Lipinski definition) is 2. The lowest BCUT2D eigenvalue weighted by atomic mass is 10.0. The van der Waals surface area contributed by atoms with Gasteiger partial charge in [-0.15, -0.1) is 0 Å². The lowest BCUT2D eigenvalue weighted by Crippen LogP contribution is -1.99. The zero-order chi connectivity index (χ0) is 14.7. The number of halogens is 2. The normalized spacial score (nSPS) is 11.4. The number of hydrogen-bond acceptors (Lipinski definition) is 2. The van der Waals surface area contributed by atoms with Gasteiger partial charge in [0.05, 0.1) is 12.7 Å². The van der Waals surface area contributed by atoms with Crippen molar-refractivity contribution in [3.05, 3.63) is 60.7 Å². The van der Waals surface area contributed by atoms with Gasteiger partial charge in [-0.25, -0.2) is 4.79 Å². The summed E-state index contributed by atoms with van der Waals surface area (Å²) in [6.45, 7) is 0. The van der Waals surface area contributed by atoms with E-state index in [0.717, 1.165) is 5.56 Å². The summed E-state index contributed by atoms with van der Waals surface area (Å²) in [5.41, 5.74) is 1.62. The molecule has 0 amide bonds. The Labute approximate surface area is 143 Å². The van der Waals surface area contributed by atoms with Crippen molar-refractivity contribution in [2.24, 2.45) is 0 Å². The third kappa shape index (κ3) is 3.51. The van der Waals surface area contributed by atoms with E-state index in [1.807, 2.05) is 51.2 Å². The molecular weight excluding hydrogens is 482 g/mol. The number of phenolic OH excluding ortho intramolecular Hbond substituents is 1. The third-order valence-electron chi connectivity index (χ3n) is 2.67. The van der Waals surface area contributed by atoms with E-state index in [0.29, 0.717) is 12.7 Å². The Hall–Kier alpha value is -1.09. The standard InChI is InChI=1S/C15H10I2O3/c16-12-7-9(8-13(17)14(12)18)6-11(15(19)20)10-4-2-1-3-5-10/h1-8,18H,(H,19,20)/b11-6+. The van der Waals surface area contributed by atoms with Gasteiger partial charge in [-0.1, -0.05) is 30.3 Å². The SMILES string of the molecule is O=C(O)/C(=C/c1cc(I)c(O)c(I)c1)c1ccccc1. The average Bonchev–Trinajstić information content (AvgIpc) is 2.42. The summed E-state index contributed by atoms with van der Waals surface area (Å²) in [5, 5.41) is 19.1. The van der Waals surface area contributed by atoms with E-state index < -0.39 is 5.97 Å². The summed E-state index contributed by atoms with van der Waals surface area (Å²) in [5.74, 6) is -0.755. The largest absolute Gasteiger partial charge is 0.506 e. The summed E-state index contributed by atoms with van der Waals surface area (Å²) in [6, 6.07) is 12.5. The van der Waals surface area contributed by atoms with E-state index in [4.69, 9.17) is 0 Å². The highest BCUT2D eigenvalue weighted by molar-refractivity contribution is 14.1. The maximum atomic E-state index is 11.4. The molecule has 0 heterocycles. The minimum absolute atomic E-state index is 0.222. The van der Waals surface area contributed by atoms with E-state index in [-0.39, 0.29) is 11.3 Å². The Kier molecular flexibility index (Phi) is 5.03. The molecule has 5 heteroatoms. The number of rotatable bonds is 3. The molecule has 0 aliphatic heterocycles. The third-order valence-corrected chi connectivity index (χ3v) is 4.31. The Bertz CT molecular complexity index is 656. The van der Waals surface area contributed by atoms with Gasteiger partial charge in [0.2, 0.25) is 0 Å². The molecule has 0 aromatic heterocycles. The second kappa shape index (κ2) is 6.57. The molecule has 0 fully saturated rings. The molecule has 2 aromatic rings. The van der Waals surface area contributed by atoms with Gasteiger partial charge >= 0.3 is 5.97 Å². The van der Waals surface area contributed by atoms with E-state index >= 15 is 0 Å². The first-order valence-electron chi connectivity index (χ1n) is 5.67. The zero-order valence-corrected chi connectivity index (χ0v) is 14.5. The van der Waals surface area contributed by atoms with Crippen molar-refractivity contribution in [3.8, 4) is 5.75 Å². The van der Waals surface area contributed by atoms with Crippen molar-refractivity contribution in [1.82, 2.24) is 0 Å². The van der Waals surface area contributed by atoms with Gasteiger partial charge in [0.25, 0.3) is 0 Å². The Morgan fingerprint density at radius 3 is 2.10 bits per heavy atom. The van der Waals surface area contributed by atoms with Crippen LogP contribution in [0.25, 0.3) is 11.6 Å². The summed E-state index contributed by atoms with van der Waals surface area (Å²) in [7, 11) is 0. The average molecular weight is 492 g/mol. The molecule has 0 saturated heterocycles. The fourth-order valence-corrected chi connectivity index (χ4v) is 3.54. The van der Waals surface area contributed by atoms with Crippen molar-refractivity contribution in [1.29, 1.82) is 0 Å². The quantitative estimate of drug-likeness (QED) is 0.384. The number of aromatic hydroxyl groups is 1. The van der Waals surface area contributed by atoms with Gasteiger partial charge < -0.3 is 10.2 Å². The monoisotopic (exact) mass is 492 g/mol. The highest BCUT2D eigenvalue weighted by Gasteiger charge is 2.11. The van der Waals surface area contributed by atoms with Crippen LogP contribution in [0.2, 0.25) is 0 Å². The van der Waals surface area contributed by atoms with Gasteiger partial charge in [0, 0.05) is 0 Å². The second-order valence-electron chi connectivity index (χ2n) is 4.06. The molecule has 0 bridgehead atoms. The fraction of sp³-hybridized carbons (Fsp3) is 0. The highest BCUT2D eigenvalue weighted by Crippen LogP contribution is 2.29. The molecule has 2 rings (SSSR count). The van der Waals surface area contributed by atoms with Crippen LogP contribution in [-0.2, 0) is 4.79 Å². The van der Waals surface area contributed by atoms with Crippen molar-refractivity contribution >= 4 is 62.8 Å². The molecule has 0 radical (unpaired) electrons. The molecular formula is C15H10I2O3. The molecule has 20 heavy (non-hydrogen) atoms. The molecule has 0 aliphatic carbocycles. The molecule has 2 aromatic carbocycles. The van der Waals surface area contributed by atoms with E-state index in [1.54, 1.807) is 42.5 Å². The van der Waals surface area contributed by atoms with Crippen LogP contribution >= 0.6 is 45.2 Å². The van der Waals surface area contributed by atoms with Crippen molar-refractivity contribution < 1.29 is 15.0 Å². The Balaban J connectivity index is 2.53. The lowest BCUT2D eigenvalue weighted by molar-refractivity contribution is -0.130. The van der Waals surface area contributed by atoms with Crippen LogP contribution in [0.5, 0.6) is 5.75 Å². The number of phenols is 1. The van der Waals surface area contributed by atoms with Crippen molar-refractivity contribution in [2.45, 2.75) is 0 Å². The zero-order valence-electron chi connectivity index (χ0n) is 10.2. The van der Waals surface area contributed by atoms with Crippen LogP contribution < -0.4 is 0 Å². The number of benzene rings is 2. The number of aliphatic carboxylic acids is 1. The van der Waals surface area contributed by atoms with Gasteiger partial charge in [0.1, 0.15) is 5.75 Å². The Morgan fingerprint density at radius 2 is 1.60 bits per heavy atom. The maximum Gasteiger partial charge on any atom is 0.336 e. The predicted molar refractivity (Wildman–Crippen MR) is 95.5 cm³/mol. The fourth-order valence-electron chi connectivity index (χ4n) is 1.72. The van der Waals surface area contributed by atoms with Gasteiger partial charge in [-0.2, -0.15) is 0 Å². The topological polar surface area (TPSA) is 57.5 Å². The minimum atomic E-state index is -0.978. The van der Waals surface area contributed by atoms with Crippen LogP contribution in [0.1, 0.15) is 11.1 Å². The molecule has 0 aliphatic rings. The molecule has 102 valence electrons. The summed E-state index contributed by atoms with van der Waals surface area (Å²) < 4.78 is 1.39. The van der Waals surface area contributed by atoms with E-state index in [2.05, 4.69) is 0 Å². The molecule has 2 N–H and O–H groups in total. The van der Waals surface area contributed by atoms with Crippen LogP contribution in [0.4, 0.5) is 0 Å². The lowest BCUT2D eigenvalue weighted by Gasteiger charge is -2.05. The van der Waals surface area contributed by atoms with Gasteiger partial charge in [-0.3, -0.25) is 0 Å². The second-order valence-corrected chi connectivity index (χ2v) is 6.39. The Morgan fingerprint density at radius 1 is 1.05 bits per heavy atom. The smallest absolute Gasteiger partial charge is 0.336 e. The number of carbonyl (C=O) groups is 1. The minimum Gasteiger partial charge on any atom is -0.506 e. The number of carboxylic acids is 1. The maximum absolute atomic E-state index is 11.4. The van der Waals surface area contributed by atoms with Crippen LogP contribution in [-0.4, -0.2) is 16.2 Å².